The molecule has 1 aliphatic rings. The van der Waals surface area contributed by atoms with Gasteiger partial charge in [-0.05, 0) is 62.3 Å². The van der Waals surface area contributed by atoms with Crippen LogP contribution in [-0.4, -0.2) is 33.9 Å². The lowest BCUT2D eigenvalue weighted by molar-refractivity contribution is 0.0694. The first-order valence-electron chi connectivity index (χ1n) is 10.4. The summed E-state index contributed by atoms with van der Waals surface area (Å²) in [5.41, 5.74) is 3.36. The van der Waals surface area contributed by atoms with Crippen molar-refractivity contribution in [3.8, 4) is 5.75 Å². The molecule has 1 aliphatic heterocycles. The second-order valence-corrected chi connectivity index (χ2v) is 9.08. The molecule has 0 spiro atoms. The molecule has 5 nitrogen and oxygen atoms in total. The zero-order chi connectivity index (χ0) is 20.9. The van der Waals surface area contributed by atoms with Crippen LogP contribution < -0.4 is 4.74 Å². The van der Waals surface area contributed by atoms with E-state index >= 15 is 0 Å². The highest BCUT2D eigenvalue weighted by Gasteiger charge is 2.26. The number of carbonyl (C=O) groups is 1. The van der Waals surface area contributed by atoms with E-state index in [0.29, 0.717) is 12.5 Å². The standard InChI is InChI=1S/C24H27N3O2S/c1-17-23(30-18(2)26-17)24(28)27-12-9-20(10-13-27)14-19-5-7-21(8-6-19)16-29-22-4-3-11-25-15-22/h3-8,11,15,20H,9-10,12-14,16H2,1-2H3. The van der Waals surface area contributed by atoms with Crippen LogP contribution in [0, 0.1) is 19.8 Å². The van der Waals surface area contributed by atoms with Crippen LogP contribution in [0.15, 0.2) is 48.8 Å². The minimum Gasteiger partial charge on any atom is -0.487 e. The minimum absolute atomic E-state index is 0.148. The fourth-order valence-corrected chi connectivity index (χ4v) is 4.81. The Hall–Kier alpha value is -2.73. The number of hydrogen-bond donors (Lipinski definition) is 0. The van der Waals surface area contributed by atoms with Gasteiger partial charge in [-0.2, -0.15) is 0 Å². The number of amides is 1. The summed E-state index contributed by atoms with van der Waals surface area (Å²) in [7, 11) is 0. The van der Waals surface area contributed by atoms with Crippen LogP contribution in [0.4, 0.5) is 0 Å². The van der Waals surface area contributed by atoms with Gasteiger partial charge in [-0.1, -0.05) is 24.3 Å². The number of aromatic nitrogens is 2. The van der Waals surface area contributed by atoms with Crippen LogP contribution in [0.2, 0.25) is 0 Å². The number of thiazole rings is 1. The number of likely N-dealkylation sites (tertiary alicyclic amines) is 1. The van der Waals surface area contributed by atoms with Crippen LogP contribution in [-0.2, 0) is 13.0 Å². The van der Waals surface area contributed by atoms with E-state index in [1.165, 1.54) is 16.9 Å². The van der Waals surface area contributed by atoms with Crippen molar-refractivity contribution in [1.29, 1.82) is 0 Å². The van der Waals surface area contributed by atoms with Gasteiger partial charge in [0, 0.05) is 19.3 Å². The van der Waals surface area contributed by atoms with E-state index < -0.39 is 0 Å². The van der Waals surface area contributed by atoms with Crippen molar-refractivity contribution < 1.29 is 9.53 Å². The first kappa shape index (κ1) is 20.5. The van der Waals surface area contributed by atoms with Crippen molar-refractivity contribution in [2.24, 2.45) is 5.92 Å². The lowest BCUT2D eigenvalue weighted by Gasteiger charge is -2.32. The molecule has 30 heavy (non-hydrogen) atoms. The highest BCUT2D eigenvalue weighted by Crippen LogP contribution is 2.26. The molecule has 0 N–H and O–H groups in total. The SMILES string of the molecule is Cc1nc(C)c(C(=O)N2CCC(Cc3ccc(COc4cccnc4)cc3)CC2)s1. The quantitative estimate of drug-likeness (QED) is 0.572. The zero-order valence-electron chi connectivity index (χ0n) is 17.5. The lowest BCUT2D eigenvalue weighted by Crippen LogP contribution is -2.38. The Balaban J connectivity index is 1.25. The van der Waals surface area contributed by atoms with E-state index in [1.54, 1.807) is 12.4 Å². The third-order valence-corrected chi connectivity index (χ3v) is 6.65. The van der Waals surface area contributed by atoms with Gasteiger partial charge in [0.05, 0.1) is 16.9 Å². The third-order valence-electron chi connectivity index (χ3n) is 5.59. The Morgan fingerprint density at radius 3 is 2.50 bits per heavy atom. The topological polar surface area (TPSA) is 55.3 Å². The molecule has 0 radical (unpaired) electrons. The Morgan fingerprint density at radius 2 is 1.87 bits per heavy atom. The summed E-state index contributed by atoms with van der Waals surface area (Å²) in [6, 6.07) is 12.5. The van der Waals surface area contributed by atoms with E-state index in [2.05, 4.69) is 34.2 Å². The maximum absolute atomic E-state index is 12.8. The molecule has 2 aromatic heterocycles. The molecule has 1 amide bonds. The molecule has 0 aliphatic carbocycles. The number of rotatable bonds is 6. The molecule has 0 atom stereocenters. The van der Waals surface area contributed by atoms with Crippen molar-refractivity contribution in [2.45, 2.75) is 39.7 Å². The number of piperidine rings is 1. The highest BCUT2D eigenvalue weighted by molar-refractivity contribution is 7.13. The molecule has 1 saturated heterocycles. The Kier molecular flexibility index (Phi) is 6.43. The predicted octanol–water partition coefficient (Wildman–Crippen LogP) is 4.83. The average Bonchev–Trinajstić information content (AvgIpc) is 3.12. The maximum Gasteiger partial charge on any atom is 0.265 e. The Bertz CT molecular complexity index is 977. The van der Waals surface area contributed by atoms with Gasteiger partial charge in [0.1, 0.15) is 17.2 Å². The average molecular weight is 422 g/mol. The number of ether oxygens (including phenoxy) is 1. The summed E-state index contributed by atoms with van der Waals surface area (Å²) >= 11 is 1.51. The largest absolute Gasteiger partial charge is 0.487 e. The third kappa shape index (κ3) is 5.05. The van der Waals surface area contributed by atoms with Crippen molar-refractivity contribution in [2.75, 3.05) is 13.1 Å². The number of hydrogen-bond acceptors (Lipinski definition) is 5. The van der Waals surface area contributed by atoms with Gasteiger partial charge in [-0.15, -0.1) is 11.3 Å². The summed E-state index contributed by atoms with van der Waals surface area (Å²) in [6.07, 6.45) is 6.62. The zero-order valence-corrected chi connectivity index (χ0v) is 18.3. The monoisotopic (exact) mass is 421 g/mol. The van der Waals surface area contributed by atoms with Gasteiger partial charge >= 0.3 is 0 Å². The number of pyridine rings is 1. The van der Waals surface area contributed by atoms with Crippen molar-refractivity contribution in [3.63, 3.8) is 0 Å². The number of carbonyl (C=O) groups excluding carboxylic acids is 1. The van der Waals surface area contributed by atoms with E-state index in [4.69, 9.17) is 4.74 Å². The molecule has 4 rings (SSSR count). The van der Waals surface area contributed by atoms with Crippen molar-refractivity contribution in [3.05, 3.63) is 75.5 Å². The predicted molar refractivity (Wildman–Crippen MR) is 119 cm³/mol. The fraction of sp³-hybridized carbons (Fsp3) is 0.375. The molecule has 0 saturated carbocycles. The van der Waals surface area contributed by atoms with Gasteiger partial charge in [-0.25, -0.2) is 4.98 Å². The number of nitrogens with zero attached hydrogens (tertiary/aromatic N) is 3. The van der Waals surface area contributed by atoms with Gasteiger partial charge in [0.15, 0.2) is 0 Å². The fourth-order valence-electron chi connectivity index (χ4n) is 3.92. The second kappa shape index (κ2) is 9.39. The second-order valence-electron chi connectivity index (χ2n) is 7.88. The van der Waals surface area contributed by atoms with Crippen LogP contribution in [0.5, 0.6) is 5.75 Å². The van der Waals surface area contributed by atoms with Gasteiger partial charge in [0.25, 0.3) is 5.91 Å². The first-order valence-corrected chi connectivity index (χ1v) is 11.2. The minimum atomic E-state index is 0.148. The van der Waals surface area contributed by atoms with Crippen LogP contribution in [0.25, 0.3) is 0 Å². The molecular formula is C24H27N3O2S. The van der Waals surface area contributed by atoms with Gasteiger partial charge in [0.2, 0.25) is 0 Å². The summed E-state index contributed by atoms with van der Waals surface area (Å²) < 4.78 is 5.76. The van der Waals surface area contributed by atoms with E-state index in [9.17, 15) is 4.79 Å². The van der Waals surface area contributed by atoms with Crippen LogP contribution in [0.1, 0.15) is 44.3 Å². The van der Waals surface area contributed by atoms with E-state index in [0.717, 1.165) is 59.2 Å². The normalized spacial score (nSPS) is 14.7. The number of aryl methyl sites for hydroxylation is 2. The van der Waals surface area contributed by atoms with Crippen molar-refractivity contribution >= 4 is 17.2 Å². The molecule has 0 bridgehead atoms. The summed E-state index contributed by atoms with van der Waals surface area (Å²) in [4.78, 5) is 24.0. The highest BCUT2D eigenvalue weighted by atomic mass is 32.1. The summed E-state index contributed by atoms with van der Waals surface area (Å²) in [6.45, 7) is 6.09. The van der Waals surface area contributed by atoms with Gasteiger partial charge < -0.3 is 9.64 Å². The molecule has 3 aromatic rings. The molecule has 3 heterocycles. The Labute approximate surface area is 181 Å². The van der Waals surface area contributed by atoms with E-state index in [-0.39, 0.29) is 5.91 Å². The Morgan fingerprint density at radius 1 is 1.13 bits per heavy atom. The van der Waals surface area contributed by atoms with E-state index in [1.807, 2.05) is 30.9 Å². The smallest absolute Gasteiger partial charge is 0.265 e. The van der Waals surface area contributed by atoms with Crippen LogP contribution in [0.3, 0.4) is 0 Å². The number of benzene rings is 1. The van der Waals surface area contributed by atoms with Gasteiger partial charge in [-0.3, -0.25) is 9.78 Å². The van der Waals surface area contributed by atoms with Crippen molar-refractivity contribution in [1.82, 2.24) is 14.9 Å². The molecule has 0 unspecified atom stereocenters. The summed E-state index contributed by atoms with van der Waals surface area (Å²) in [5.74, 6) is 1.55. The lowest BCUT2D eigenvalue weighted by atomic mass is 9.90. The molecule has 156 valence electrons. The molecule has 1 fully saturated rings. The van der Waals surface area contributed by atoms with Crippen LogP contribution >= 0.6 is 11.3 Å². The maximum atomic E-state index is 12.8. The molecule has 1 aromatic carbocycles. The molecule has 6 heteroatoms. The summed E-state index contributed by atoms with van der Waals surface area (Å²) in [5, 5.41) is 0.958. The molecular weight excluding hydrogens is 394 g/mol. The first-order chi connectivity index (χ1) is 14.6.